The van der Waals surface area contributed by atoms with Crippen molar-refractivity contribution < 1.29 is 17.2 Å². The Morgan fingerprint density at radius 1 is 1.18 bits per heavy atom. The molecule has 3 N–H and O–H groups in total. The smallest absolute Gasteiger partial charge is 0.240 e. The number of carbonyl (C=O) groups is 1. The van der Waals surface area contributed by atoms with Crippen LogP contribution in [-0.4, -0.2) is 28.6 Å². The van der Waals surface area contributed by atoms with Gasteiger partial charge >= 0.3 is 0 Å². The van der Waals surface area contributed by atoms with Crippen LogP contribution in [0.1, 0.15) is 31.2 Å². The molecule has 2 rings (SSSR count). The Morgan fingerprint density at radius 3 is 2.73 bits per heavy atom. The number of benzene rings is 1. The van der Waals surface area contributed by atoms with Gasteiger partial charge in [0, 0.05) is 18.8 Å². The molecule has 22 heavy (non-hydrogen) atoms. The molecule has 0 aliphatic heterocycles. The number of nitrogens with zero attached hydrogens (tertiary/aromatic N) is 3. The first kappa shape index (κ1) is 18.0. The van der Waals surface area contributed by atoms with Crippen LogP contribution in [0.5, 0.6) is 0 Å². The highest BCUT2D eigenvalue weighted by atomic mass is 35.5. The molecular weight excluding hydrogens is 302 g/mol. The van der Waals surface area contributed by atoms with E-state index in [0.717, 1.165) is 35.9 Å². The van der Waals surface area contributed by atoms with Gasteiger partial charge in [0.15, 0.2) is 0 Å². The molecule has 2 aromatic rings. The van der Waals surface area contributed by atoms with E-state index in [1.165, 1.54) is 0 Å². The van der Waals surface area contributed by atoms with E-state index in [2.05, 4.69) is 20.5 Å². The van der Waals surface area contributed by atoms with Crippen molar-refractivity contribution in [1.29, 1.82) is 0 Å². The van der Waals surface area contributed by atoms with Crippen molar-refractivity contribution in [2.75, 3.05) is 6.54 Å². The average Bonchev–Trinajstić information content (AvgIpc) is 2.51. The number of rotatable bonds is 7. The van der Waals surface area contributed by atoms with Crippen LogP contribution in [-0.2, 0) is 4.79 Å². The van der Waals surface area contributed by atoms with Gasteiger partial charge in [0.1, 0.15) is 0 Å². The summed E-state index contributed by atoms with van der Waals surface area (Å²) in [5.41, 5.74) is 10.4. The molecule has 0 saturated heterocycles. The summed E-state index contributed by atoms with van der Waals surface area (Å²) in [6, 6.07) is 5.63. The van der Waals surface area contributed by atoms with Crippen LogP contribution in [0.15, 0.2) is 35.7 Å². The van der Waals surface area contributed by atoms with Crippen molar-refractivity contribution in [3.8, 4) is 0 Å². The third kappa shape index (κ3) is 5.75. The van der Waals surface area contributed by atoms with E-state index >= 15 is 0 Å². The van der Waals surface area contributed by atoms with Crippen LogP contribution < -0.4 is 23.6 Å². The summed E-state index contributed by atoms with van der Waals surface area (Å²) in [5, 5.41) is 3.95. The number of aromatic nitrogens is 2. The van der Waals surface area contributed by atoms with Crippen molar-refractivity contribution in [1.82, 2.24) is 15.4 Å². The van der Waals surface area contributed by atoms with E-state index in [9.17, 15) is 4.79 Å². The van der Waals surface area contributed by atoms with Gasteiger partial charge in [0.05, 0.1) is 17.2 Å². The Hall–Kier alpha value is -2.05. The lowest BCUT2D eigenvalue weighted by molar-refractivity contribution is -0.121. The molecule has 0 aliphatic rings. The minimum atomic E-state index is -0.0798. The van der Waals surface area contributed by atoms with Gasteiger partial charge in [0.2, 0.25) is 5.91 Å². The van der Waals surface area contributed by atoms with Crippen molar-refractivity contribution in [3.05, 3.63) is 36.2 Å². The number of hydrogen-bond acceptors (Lipinski definition) is 5. The number of nitrogens with two attached hydrogens (primary N) is 1. The number of amides is 1. The van der Waals surface area contributed by atoms with E-state index < -0.39 is 0 Å². The van der Waals surface area contributed by atoms with E-state index in [1.807, 2.05) is 18.2 Å². The maximum Gasteiger partial charge on any atom is 0.240 e. The first-order valence-corrected chi connectivity index (χ1v) is 7.02. The molecule has 6 nitrogen and oxygen atoms in total. The van der Waals surface area contributed by atoms with Crippen molar-refractivity contribution >= 4 is 23.2 Å². The average molecular weight is 321 g/mol. The van der Waals surface area contributed by atoms with Crippen molar-refractivity contribution in [2.45, 2.75) is 25.7 Å². The Kier molecular flexibility index (Phi) is 8.03. The van der Waals surface area contributed by atoms with Crippen LogP contribution in [0.2, 0.25) is 0 Å². The number of hydrogen-bond donors (Lipinski definition) is 2. The quantitative estimate of drug-likeness (QED) is 0.373. The first-order valence-electron chi connectivity index (χ1n) is 7.02. The van der Waals surface area contributed by atoms with E-state index in [1.54, 1.807) is 18.6 Å². The van der Waals surface area contributed by atoms with Crippen LogP contribution in [0.25, 0.3) is 11.0 Å². The number of carbonyl (C=O) groups excluding carboxylic acids is 1. The maximum atomic E-state index is 11.5. The molecule has 0 unspecified atom stereocenters. The number of nitrogens with one attached hydrogen (secondary N) is 1. The molecule has 1 aromatic carbocycles. The second kappa shape index (κ2) is 9.81. The Morgan fingerprint density at radius 2 is 1.95 bits per heavy atom. The lowest BCUT2D eigenvalue weighted by atomic mass is 10.2. The third-order valence-electron chi connectivity index (χ3n) is 3.00. The second-order valence-electron chi connectivity index (χ2n) is 4.70. The van der Waals surface area contributed by atoms with Crippen LogP contribution >= 0.6 is 0 Å². The standard InChI is InChI=1S/C15H19N5O.ClH/c16-7-3-1-2-4-15(21)20-19-11-12-5-6-13-14(10-12)18-9-8-17-13;/h5-6,8-11H,1-4,7,16H2,(H,20,21);1H/p-1. The zero-order valence-electron chi connectivity index (χ0n) is 12.2. The van der Waals surface area contributed by atoms with Crippen LogP contribution in [0, 0.1) is 0 Å². The number of hydrazone groups is 1. The van der Waals surface area contributed by atoms with Gasteiger partial charge in [-0.2, -0.15) is 5.10 Å². The molecule has 0 radical (unpaired) electrons. The molecule has 0 bridgehead atoms. The largest absolute Gasteiger partial charge is 1.00 e. The van der Waals surface area contributed by atoms with Crippen LogP contribution in [0.3, 0.4) is 0 Å². The summed E-state index contributed by atoms with van der Waals surface area (Å²) in [6.45, 7) is 0.671. The molecule has 0 saturated carbocycles. The number of fused-ring (bicyclic) bond motifs is 1. The Balaban J connectivity index is 0.00000242. The van der Waals surface area contributed by atoms with Crippen LogP contribution in [0.4, 0.5) is 0 Å². The van der Waals surface area contributed by atoms with Gasteiger partial charge < -0.3 is 18.1 Å². The molecule has 0 atom stereocenters. The van der Waals surface area contributed by atoms with Crippen molar-refractivity contribution in [2.24, 2.45) is 10.8 Å². The topological polar surface area (TPSA) is 93.3 Å². The molecule has 1 amide bonds. The maximum absolute atomic E-state index is 11.5. The van der Waals surface area contributed by atoms with Gasteiger partial charge in [-0.1, -0.05) is 12.5 Å². The highest BCUT2D eigenvalue weighted by Crippen LogP contribution is 2.09. The van der Waals surface area contributed by atoms with E-state index in [4.69, 9.17) is 5.73 Å². The number of halogens is 1. The Labute approximate surface area is 135 Å². The fourth-order valence-corrected chi connectivity index (χ4v) is 1.90. The summed E-state index contributed by atoms with van der Waals surface area (Å²) < 4.78 is 0. The summed E-state index contributed by atoms with van der Waals surface area (Å²) in [7, 11) is 0. The highest BCUT2D eigenvalue weighted by Gasteiger charge is 1.99. The highest BCUT2D eigenvalue weighted by molar-refractivity contribution is 5.87. The first-order chi connectivity index (χ1) is 10.3. The van der Waals surface area contributed by atoms with Gasteiger partial charge in [-0.25, -0.2) is 5.43 Å². The molecule has 0 spiro atoms. The van der Waals surface area contributed by atoms with Gasteiger partial charge in [-0.15, -0.1) is 0 Å². The second-order valence-corrected chi connectivity index (χ2v) is 4.70. The predicted octanol–water partition coefficient (Wildman–Crippen LogP) is -1.40. The normalized spacial score (nSPS) is 10.6. The minimum Gasteiger partial charge on any atom is -1.00 e. The zero-order chi connectivity index (χ0) is 14.9. The molecule has 0 aliphatic carbocycles. The lowest BCUT2D eigenvalue weighted by Crippen LogP contribution is -3.00. The zero-order valence-corrected chi connectivity index (χ0v) is 13.0. The SMILES string of the molecule is NCCCCCC(=O)NN=Cc1ccc2nccnc2c1.[Cl-]. The molecule has 1 heterocycles. The predicted molar refractivity (Wildman–Crippen MR) is 82.8 cm³/mol. The fraction of sp³-hybridized carbons (Fsp3) is 0.333. The summed E-state index contributed by atoms with van der Waals surface area (Å²) >= 11 is 0. The van der Waals surface area contributed by atoms with Crippen molar-refractivity contribution in [3.63, 3.8) is 0 Å². The summed E-state index contributed by atoms with van der Waals surface area (Å²) in [5.74, 6) is -0.0798. The van der Waals surface area contributed by atoms with Gasteiger partial charge in [-0.3, -0.25) is 14.8 Å². The molecule has 0 fully saturated rings. The monoisotopic (exact) mass is 320 g/mol. The summed E-state index contributed by atoms with van der Waals surface area (Å²) in [4.78, 5) is 19.9. The van der Waals surface area contributed by atoms with E-state index in [-0.39, 0.29) is 18.3 Å². The lowest BCUT2D eigenvalue weighted by Gasteiger charge is -2.00. The summed E-state index contributed by atoms with van der Waals surface area (Å²) in [6.07, 6.45) is 8.13. The van der Waals surface area contributed by atoms with Gasteiger partial charge in [-0.05, 0) is 37.1 Å². The molecule has 7 heteroatoms. The van der Waals surface area contributed by atoms with E-state index in [0.29, 0.717) is 13.0 Å². The van der Waals surface area contributed by atoms with Gasteiger partial charge in [0.25, 0.3) is 0 Å². The molecule has 1 aromatic heterocycles. The molecule has 118 valence electrons. The Bertz CT molecular complexity index is 632. The number of unbranched alkanes of at least 4 members (excludes halogenated alkanes) is 2. The third-order valence-corrected chi connectivity index (χ3v) is 3.00. The fourth-order valence-electron chi connectivity index (χ4n) is 1.90. The molecular formula is C15H19ClN5O-. The minimum absolute atomic E-state index is 0.